The zero-order chi connectivity index (χ0) is 16.3. The zero-order valence-corrected chi connectivity index (χ0v) is 13.4. The third kappa shape index (κ3) is 3.84. The molecule has 6 nitrogen and oxygen atoms in total. The summed E-state index contributed by atoms with van der Waals surface area (Å²) in [5.74, 6) is 0.292. The Balaban J connectivity index is 1.90. The minimum absolute atomic E-state index is 0.154. The average Bonchev–Trinajstić information content (AvgIpc) is 2.86. The van der Waals surface area contributed by atoms with E-state index in [0.717, 1.165) is 11.0 Å². The molecule has 2 aromatic rings. The number of rotatable bonds is 4. The molecule has 0 fully saturated rings. The van der Waals surface area contributed by atoms with E-state index in [1.54, 1.807) is 27.7 Å². The molecule has 0 bridgehead atoms. The van der Waals surface area contributed by atoms with E-state index in [2.05, 4.69) is 20.6 Å². The van der Waals surface area contributed by atoms with Gasteiger partial charge in [0, 0.05) is 5.41 Å². The van der Waals surface area contributed by atoms with Crippen LogP contribution in [0.1, 0.15) is 33.5 Å². The third-order valence-corrected chi connectivity index (χ3v) is 3.29. The van der Waals surface area contributed by atoms with Crippen molar-refractivity contribution in [2.45, 2.75) is 40.3 Å². The smallest absolute Gasteiger partial charge is 0.242 e. The van der Waals surface area contributed by atoms with Gasteiger partial charge in [0.05, 0.1) is 17.6 Å². The molecule has 1 aromatic heterocycles. The lowest BCUT2D eigenvalue weighted by Gasteiger charge is -2.21. The van der Waals surface area contributed by atoms with Crippen molar-refractivity contribution in [3.8, 4) is 0 Å². The SMILES string of the molecule is CC(NC(=O)C(C)(C)C)C(=O)NCc1nc2ccccc2[nH]1. The maximum Gasteiger partial charge on any atom is 0.242 e. The Kier molecular flexibility index (Phi) is 4.49. The maximum absolute atomic E-state index is 12.0. The predicted octanol–water partition coefficient (Wildman–Crippen LogP) is 1.73. The molecule has 2 amide bonds. The molecular weight excluding hydrogens is 280 g/mol. The highest BCUT2D eigenvalue weighted by atomic mass is 16.2. The molecule has 1 aromatic carbocycles. The van der Waals surface area contributed by atoms with Crippen molar-refractivity contribution in [2.24, 2.45) is 5.41 Å². The van der Waals surface area contributed by atoms with Gasteiger partial charge in [0.1, 0.15) is 11.9 Å². The van der Waals surface area contributed by atoms with Crippen molar-refractivity contribution in [3.05, 3.63) is 30.1 Å². The van der Waals surface area contributed by atoms with Crippen molar-refractivity contribution < 1.29 is 9.59 Å². The largest absolute Gasteiger partial charge is 0.347 e. The number of imidazole rings is 1. The second kappa shape index (κ2) is 6.17. The minimum atomic E-state index is -0.587. The van der Waals surface area contributed by atoms with Crippen LogP contribution in [-0.4, -0.2) is 27.8 Å². The molecule has 1 heterocycles. The molecule has 118 valence electrons. The van der Waals surface area contributed by atoms with Crippen LogP contribution in [0.15, 0.2) is 24.3 Å². The molecule has 2 rings (SSSR count). The number of benzene rings is 1. The average molecular weight is 302 g/mol. The molecule has 3 N–H and O–H groups in total. The number of amides is 2. The van der Waals surface area contributed by atoms with E-state index in [4.69, 9.17) is 0 Å². The Morgan fingerprint density at radius 1 is 1.27 bits per heavy atom. The lowest BCUT2D eigenvalue weighted by atomic mass is 9.95. The van der Waals surface area contributed by atoms with E-state index in [9.17, 15) is 9.59 Å². The monoisotopic (exact) mass is 302 g/mol. The molecule has 22 heavy (non-hydrogen) atoms. The molecule has 1 atom stereocenters. The molecule has 0 saturated carbocycles. The molecule has 0 radical (unpaired) electrons. The zero-order valence-electron chi connectivity index (χ0n) is 13.4. The number of nitrogens with one attached hydrogen (secondary N) is 3. The van der Waals surface area contributed by atoms with Crippen molar-refractivity contribution in [2.75, 3.05) is 0 Å². The molecule has 0 aliphatic rings. The molecule has 0 aliphatic carbocycles. The standard InChI is InChI=1S/C16H22N4O2/c1-10(18-15(22)16(2,3)4)14(21)17-9-13-19-11-7-5-6-8-12(11)20-13/h5-8,10H,9H2,1-4H3,(H,17,21)(H,18,22)(H,19,20). The molecule has 0 spiro atoms. The van der Waals surface area contributed by atoms with Crippen molar-refractivity contribution >= 4 is 22.8 Å². The second-order valence-corrected chi connectivity index (χ2v) is 6.36. The van der Waals surface area contributed by atoms with Gasteiger partial charge in [-0.3, -0.25) is 9.59 Å². The Morgan fingerprint density at radius 2 is 1.95 bits per heavy atom. The first kappa shape index (κ1) is 16.0. The molecule has 6 heteroatoms. The summed E-state index contributed by atoms with van der Waals surface area (Å²) in [5, 5.41) is 5.47. The van der Waals surface area contributed by atoms with Crippen molar-refractivity contribution in [1.82, 2.24) is 20.6 Å². The number of carbonyl (C=O) groups excluding carboxylic acids is 2. The summed E-state index contributed by atoms with van der Waals surface area (Å²) in [6.07, 6.45) is 0. The van der Waals surface area contributed by atoms with E-state index in [1.807, 2.05) is 24.3 Å². The van der Waals surface area contributed by atoms with Gasteiger partial charge in [0.2, 0.25) is 11.8 Å². The number of fused-ring (bicyclic) bond motifs is 1. The second-order valence-electron chi connectivity index (χ2n) is 6.36. The van der Waals surface area contributed by atoms with E-state index < -0.39 is 11.5 Å². The number of nitrogens with zero attached hydrogens (tertiary/aromatic N) is 1. The number of para-hydroxylation sites is 2. The molecule has 0 aliphatic heterocycles. The van der Waals surface area contributed by atoms with Gasteiger partial charge in [-0.2, -0.15) is 0 Å². The Hall–Kier alpha value is -2.37. The quantitative estimate of drug-likeness (QED) is 0.804. The fourth-order valence-corrected chi connectivity index (χ4v) is 1.89. The van der Waals surface area contributed by atoms with Gasteiger partial charge in [-0.05, 0) is 19.1 Å². The van der Waals surface area contributed by atoms with Gasteiger partial charge in [-0.15, -0.1) is 0 Å². The molecular formula is C16H22N4O2. The minimum Gasteiger partial charge on any atom is -0.347 e. The summed E-state index contributed by atoms with van der Waals surface area (Å²) < 4.78 is 0. The molecule has 0 saturated heterocycles. The van der Waals surface area contributed by atoms with Crippen LogP contribution in [0.2, 0.25) is 0 Å². The van der Waals surface area contributed by atoms with Crippen LogP contribution in [0.3, 0.4) is 0 Å². The van der Waals surface area contributed by atoms with Gasteiger partial charge in [-0.1, -0.05) is 32.9 Å². The number of hydrogen-bond acceptors (Lipinski definition) is 3. The van der Waals surface area contributed by atoms with Gasteiger partial charge < -0.3 is 15.6 Å². The highest BCUT2D eigenvalue weighted by Gasteiger charge is 2.24. The van der Waals surface area contributed by atoms with E-state index in [-0.39, 0.29) is 11.8 Å². The number of aromatic nitrogens is 2. The summed E-state index contributed by atoms with van der Waals surface area (Å²) in [4.78, 5) is 31.4. The highest BCUT2D eigenvalue weighted by molar-refractivity contribution is 5.89. The fraction of sp³-hybridized carbons (Fsp3) is 0.438. The van der Waals surface area contributed by atoms with Crippen LogP contribution in [0.5, 0.6) is 0 Å². The topological polar surface area (TPSA) is 86.9 Å². The van der Waals surface area contributed by atoms with Crippen molar-refractivity contribution in [1.29, 1.82) is 0 Å². The number of hydrogen-bond donors (Lipinski definition) is 3. The van der Waals surface area contributed by atoms with Gasteiger partial charge >= 0.3 is 0 Å². The first-order valence-corrected chi connectivity index (χ1v) is 7.29. The normalized spacial score (nSPS) is 12.9. The first-order valence-electron chi connectivity index (χ1n) is 7.29. The van der Waals surface area contributed by atoms with E-state index in [0.29, 0.717) is 12.4 Å². The Morgan fingerprint density at radius 3 is 2.59 bits per heavy atom. The van der Waals surface area contributed by atoms with Gasteiger partial charge in [0.15, 0.2) is 0 Å². The van der Waals surface area contributed by atoms with E-state index >= 15 is 0 Å². The van der Waals surface area contributed by atoms with Crippen LogP contribution in [0, 0.1) is 5.41 Å². The Labute approximate surface area is 129 Å². The van der Waals surface area contributed by atoms with Gasteiger partial charge in [0.25, 0.3) is 0 Å². The molecule has 1 unspecified atom stereocenters. The predicted molar refractivity (Wildman–Crippen MR) is 85.0 cm³/mol. The number of H-pyrrole nitrogens is 1. The van der Waals surface area contributed by atoms with Crippen LogP contribution in [-0.2, 0) is 16.1 Å². The number of carbonyl (C=O) groups is 2. The summed E-state index contributed by atoms with van der Waals surface area (Å²) >= 11 is 0. The van der Waals surface area contributed by atoms with Gasteiger partial charge in [-0.25, -0.2) is 4.98 Å². The number of aromatic amines is 1. The maximum atomic E-state index is 12.0. The highest BCUT2D eigenvalue weighted by Crippen LogP contribution is 2.13. The summed E-state index contributed by atoms with van der Waals surface area (Å²) in [6, 6.07) is 7.09. The summed E-state index contributed by atoms with van der Waals surface area (Å²) in [5.41, 5.74) is 1.27. The summed E-state index contributed by atoms with van der Waals surface area (Å²) in [6.45, 7) is 7.38. The lowest BCUT2D eigenvalue weighted by Crippen LogP contribution is -2.48. The van der Waals surface area contributed by atoms with Crippen LogP contribution in [0.4, 0.5) is 0 Å². The fourth-order valence-electron chi connectivity index (χ4n) is 1.89. The summed E-state index contributed by atoms with van der Waals surface area (Å²) in [7, 11) is 0. The third-order valence-electron chi connectivity index (χ3n) is 3.29. The van der Waals surface area contributed by atoms with Crippen LogP contribution < -0.4 is 10.6 Å². The van der Waals surface area contributed by atoms with Crippen LogP contribution in [0.25, 0.3) is 11.0 Å². The van der Waals surface area contributed by atoms with Crippen LogP contribution >= 0.6 is 0 Å². The lowest BCUT2D eigenvalue weighted by molar-refractivity contribution is -0.133. The first-order chi connectivity index (χ1) is 10.3. The Bertz CT molecular complexity index is 652. The van der Waals surface area contributed by atoms with Crippen molar-refractivity contribution in [3.63, 3.8) is 0 Å². The van der Waals surface area contributed by atoms with E-state index in [1.165, 1.54) is 0 Å².